The Morgan fingerprint density at radius 3 is 2.25 bits per heavy atom. The normalized spacial score (nSPS) is 13.9. The van der Waals surface area contributed by atoms with Crippen molar-refractivity contribution in [3.63, 3.8) is 0 Å². The molecule has 4 nitrogen and oxygen atoms in total. The van der Waals surface area contributed by atoms with Crippen molar-refractivity contribution in [3.05, 3.63) is 41.5 Å². The molecule has 110 valence electrons. The Kier molecular flexibility index (Phi) is 5.51. The van der Waals surface area contributed by atoms with Gasteiger partial charge in [0.1, 0.15) is 0 Å². The minimum atomic E-state index is -3.19. The fourth-order valence-corrected chi connectivity index (χ4v) is 2.50. The first-order valence-corrected chi connectivity index (χ1v) is 8.44. The number of allylic oxidation sites excluding steroid dienone is 1. The van der Waals surface area contributed by atoms with E-state index in [1.54, 1.807) is 30.3 Å². The van der Waals surface area contributed by atoms with Crippen LogP contribution < -0.4 is 5.32 Å². The summed E-state index contributed by atoms with van der Waals surface area (Å²) in [4.78, 5) is 12.2. The molecule has 5 heteroatoms. The Morgan fingerprint density at radius 2 is 1.85 bits per heavy atom. The second kappa shape index (κ2) is 6.70. The van der Waals surface area contributed by atoms with Gasteiger partial charge in [0.15, 0.2) is 9.84 Å². The van der Waals surface area contributed by atoms with Crippen molar-refractivity contribution < 1.29 is 13.2 Å². The van der Waals surface area contributed by atoms with Crippen molar-refractivity contribution >= 4 is 15.7 Å². The monoisotopic (exact) mass is 295 g/mol. The topological polar surface area (TPSA) is 63.2 Å². The lowest BCUT2D eigenvalue weighted by Crippen LogP contribution is -2.27. The van der Waals surface area contributed by atoms with Crippen LogP contribution in [0.15, 0.2) is 40.8 Å². The molecule has 1 unspecified atom stereocenters. The third-order valence-electron chi connectivity index (χ3n) is 3.18. The molecule has 0 saturated carbocycles. The van der Waals surface area contributed by atoms with E-state index in [9.17, 15) is 13.2 Å². The second-order valence-corrected chi connectivity index (χ2v) is 6.72. The lowest BCUT2D eigenvalue weighted by atomic mass is 10.1. The maximum Gasteiger partial charge on any atom is 0.247 e. The molecule has 0 radical (unpaired) electrons. The molecule has 0 aliphatic heterocycles. The van der Waals surface area contributed by atoms with Gasteiger partial charge in [0.2, 0.25) is 5.91 Å². The molecule has 0 aliphatic carbocycles. The minimum Gasteiger partial charge on any atom is -0.346 e. The van der Waals surface area contributed by atoms with E-state index in [0.29, 0.717) is 6.42 Å². The van der Waals surface area contributed by atoms with E-state index >= 15 is 0 Å². The Hall–Kier alpha value is -1.62. The molecule has 0 saturated heterocycles. The van der Waals surface area contributed by atoms with E-state index in [1.165, 1.54) is 6.26 Å². The third-order valence-corrected chi connectivity index (χ3v) is 4.31. The van der Waals surface area contributed by atoms with Crippen molar-refractivity contribution in [1.82, 2.24) is 5.32 Å². The molecular weight excluding hydrogens is 274 g/mol. The van der Waals surface area contributed by atoms with Crippen LogP contribution in [-0.2, 0) is 14.6 Å². The predicted molar refractivity (Wildman–Crippen MR) is 80.2 cm³/mol. The van der Waals surface area contributed by atoms with Gasteiger partial charge in [0.25, 0.3) is 0 Å². The maximum atomic E-state index is 11.9. The van der Waals surface area contributed by atoms with Crippen LogP contribution in [0.5, 0.6) is 0 Å². The van der Waals surface area contributed by atoms with Gasteiger partial charge >= 0.3 is 0 Å². The molecule has 0 aromatic heterocycles. The van der Waals surface area contributed by atoms with Crippen LogP contribution in [0.1, 0.15) is 38.8 Å². The van der Waals surface area contributed by atoms with Crippen molar-refractivity contribution in [2.24, 2.45) is 0 Å². The van der Waals surface area contributed by atoms with Crippen LogP contribution in [0.3, 0.4) is 0 Å². The highest BCUT2D eigenvalue weighted by molar-refractivity contribution is 7.90. The van der Waals surface area contributed by atoms with Gasteiger partial charge in [-0.2, -0.15) is 0 Å². The van der Waals surface area contributed by atoms with Crippen LogP contribution >= 0.6 is 0 Å². The van der Waals surface area contributed by atoms with Gasteiger partial charge < -0.3 is 5.32 Å². The van der Waals surface area contributed by atoms with Crippen molar-refractivity contribution in [1.29, 1.82) is 0 Å². The summed E-state index contributed by atoms with van der Waals surface area (Å²) in [7, 11) is -3.19. The van der Waals surface area contributed by atoms with Gasteiger partial charge in [-0.25, -0.2) is 8.42 Å². The van der Waals surface area contributed by atoms with Gasteiger partial charge in [-0.15, -0.1) is 0 Å². The van der Waals surface area contributed by atoms with Crippen LogP contribution in [0.2, 0.25) is 0 Å². The van der Waals surface area contributed by atoms with E-state index in [-0.39, 0.29) is 16.8 Å². The number of nitrogens with one attached hydrogen (secondary N) is 1. The van der Waals surface area contributed by atoms with Crippen LogP contribution in [0, 0.1) is 0 Å². The van der Waals surface area contributed by atoms with Crippen LogP contribution in [-0.4, -0.2) is 20.6 Å². The predicted octanol–water partition coefficient (Wildman–Crippen LogP) is 2.62. The average molecular weight is 295 g/mol. The van der Waals surface area contributed by atoms with Gasteiger partial charge in [-0.1, -0.05) is 25.1 Å². The highest BCUT2D eigenvalue weighted by Crippen LogP contribution is 2.17. The Bertz CT molecular complexity index is 601. The number of carbonyl (C=O) groups is 1. The highest BCUT2D eigenvalue weighted by atomic mass is 32.2. The van der Waals surface area contributed by atoms with E-state index in [4.69, 9.17) is 0 Å². The summed E-state index contributed by atoms with van der Waals surface area (Å²) in [5.74, 6) is -0.0883. The van der Waals surface area contributed by atoms with E-state index in [0.717, 1.165) is 11.1 Å². The maximum absolute atomic E-state index is 11.9. The molecule has 1 aromatic rings. The molecule has 1 atom stereocenters. The average Bonchev–Trinajstić information content (AvgIpc) is 2.39. The molecule has 0 fully saturated rings. The zero-order valence-corrected chi connectivity index (χ0v) is 13.1. The third kappa shape index (κ3) is 4.20. The fourth-order valence-electron chi connectivity index (χ4n) is 1.87. The minimum absolute atomic E-state index is 0.0883. The molecule has 1 N–H and O–H groups in total. The summed E-state index contributed by atoms with van der Waals surface area (Å²) in [5, 5.41) is 2.90. The number of sulfone groups is 1. The largest absolute Gasteiger partial charge is 0.346 e. The first-order valence-electron chi connectivity index (χ1n) is 6.55. The SMILES string of the molecule is CC=C(CC)C(=O)NC(C)c1ccc(S(C)(=O)=O)cc1. The zero-order valence-electron chi connectivity index (χ0n) is 12.3. The van der Waals surface area contributed by atoms with Gasteiger partial charge in [0.05, 0.1) is 10.9 Å². The van der Waals surface area contributed by atoms with E-state index in [1.807, 2.05) is 20.8 Å². The molecule has 0 bridgehead atoms. The highest BCUT2D eigenvalue weighted by Gasteiger charge is 2.13. The molecular formula is C15H21NO3S. The van der Waals surface area contributed by atoms with Crippen LogP contribution in [0.4, 0.5) is 0 Å². The van der Waals surface area contributed by atoms with Crippen LogP contribution in [0.25, 0.3) is 0 Å². The number of amides is 1. The van der Waals surface area contributed by atoms with Gasteiger partial charge in [0, 0.05) is 11.8 Å². The number of carbonyl (C=O) groups excluding carboxylic acids is 1. The number of rotatable bonds is 5. The zero-order chi connectivity index (χ0) is 15.3. The molecule has 1 rings (SSSR count). The summed E-state index contributed by atoms with van der Waals surface area (Å²) in [6.45, 7) is 5.64. The summed E-state index contributed by atoms with van der Waals surface area (Å²) >= 11 is 0. The standard InChI is InChI=1S/C15H21NO3S/c1-5-12(6-2)15(17)16-11(3)13-7-9-14(10-8-13)20(4,18)19/h5,7-11H,6H2,1-4H3,(H,16,17). The second-order valence-electron chi connectivity index (χ2n) is 4.70. The molecule has 0 aliphatic rings. The van der Waals surface area contributed by atoms with E-state index in [2.05, 4.69) is 5.32 Å². The fraction of sp³-hybridized carbons (Fsp3) is 0.400. The molecule has 0 spiro atoms. The lowest BCUT2D eigenvalue weighted by Gasteiger charge is -2.15. The lowest BCUT2D eigenvalue weighted by molar-refractivity contribution is -0.118. The first kappa shape index (κ1) is 16.4. The molecule has 0 heterocycles. The summed E-state index contributed by atoms with van der Waals surface area (Å²) in [6.07, 6.45) is 3.66. The smallest absolute Gasteiger partial charge is 0.247 e. The first-order chi connectivity index (χ1) is 9.29. The molecule has 20 heavy (non-hydrogen) atoms. The van der Waals surface area contributed by atoms with Crippen molar-refractivity contribution in [3.8, 4) is 0 Å². The van der Waals surface area contributed by atoms with Gasteiger partial charge in [-0.05, 0) is 38.0 Å². The summed E-state index contributed by atoms with van der Waals surface area (Å²) < 4.78 is 22.8. The van der Waals surface area contributed by atoms with E-state index < -0.39 is 9.84 Å². The Morgan fingerprint density at radius 1 is 1.30 bits per heavy atom. The number of hydrogen-bond donors (Lipinski definition) is 1. The quantitative estimate of drug-likeness (QED) is 0.849. The summed E-state index contributed by atoms with van der Waals surface area (Å²) in [5.41, 5.74) is 1.61. The Balaban J connectivity index is 2.84. The molecule has 1 aromatic carbocycles. The summed E-state index contributed by atoms with van der Waals surface area (Å²) in [6, 6.07) is 6.40. The number of benzene rings is 1. The van der Waals surface area contributed by atoms with Crippen molar-refractivity contribution in [2.75, 3.05) is 6.26 Å². The Labute approximate surface area is 120 Å². The molecule has 1 amide bonds. The van der Waals surface area contributed by atoms with Crippen molar-refractivity contribution in [2.45, 2.75) is 38.1 Å². The van der Waals surface area contributed by atoms with Gasteiger partial charge in [-0.3, -0.25) is 4.79 Å². The number of hydrogen-bond acceptors (Lipinski definition) is 3.